The van der Waals surface area contributed by atoms with E-state index in [0.29, 0.717) is 11.4 Å². The molecule has 0 spiro atoms. The first-order chi connectivity index (χ1) is 7.68. The summed E-state index contributed by atoms with van der Waals surface area (Å²) in [4.78, 5) is 0.341. The lowest BCUT2D eigenvalue weighted by Gasteiger charge is -2.10. The van der Waals surface area contributed by atoms with Gasteiger partial charge in [-0.25, -0.2) is 13.1 Å². The van der Waals surface area contributed by atoms with E-state index >= 15 is 0 Å². The maximum absolute atomic E-state index is 11.9. The Morgan fingerprint density at radius 2 is 1.69 bits per heavy atom. The standard InChI is InChI=1S/C12H16NO2S/c14-16(15,12-8-2-1-3-9-12)13-10-11-6-4-5-7-11/h1-3,8-9,13H,4-7,10H2. The third-order valence-electron chi connectivity index (χ3n) is 2.88. The smallest absolute Gasteiger partial charge is 0.211 e. The van der Waals surface area contributed by atoms with Crippen molar-refractivity contribution in [1.82, 2.24) is 4.72 Å². The molecule has 1 fully saturated rings. The van der Waals surface area contributed by atoms with Crippen LogP contribution in [0.2, 0.25) is 0 Å². The molecule has 87 valence electrons. The predicted octanol–water partition coefficient (Wildman–Crippen LogP) is 2.11. The first kappa shape index (κ1) is 11.6. The van der Waals surface area contributed by atoms with Crippen molar-refractivity contribution in [2.24, 2.45) is 0 Å². The van der Waals surface area contributed by atoms with Crippen molar-refractivity contribution in [3.05, 3.63) is 36.2 Å². The van der Waals surface area contributed by atoms with Gasteiger partial charge in [-0.3, -0.25) is 0 Å². The fraction of sp³-hybridized carbons (Fsp3) is 0.417. The van der Waals surface area contributed by atoms with Gasteiger partial charge in [0, 0.05) is 6.54 Å². The van der Waals surface area contributed by atoms with Gasteiger partial charge in [0.2, 0.25) is 10.0 Å². The molecule has 0 atom stereocenters. The van der Waals surface area contributed by atoms with E-state index < -0.39 is 10.0 Å². The molecule has 1 N–H and O–H groups in total. The molecule has 1 aliphatic carbocycles. The zero-order valence-corrected chi connectivity index (χ0v) is 9.96. The molecule has 0 amide bonds. The van der Waals surface area contributed by atoms with Crippen LogP contribution in [-0.2, 0) is 10.0 Å². The molecule has 0 saturated heterocycles. The van der Waals surface area contributed by atoms with Crippen molar-refractivity contribution in [1.29, 1.82) is 0 Å². The van der Waals surface area contributed by atoms with Crippen LogP contribution in [0.3, 0.4) is 0 Å². The number of sulfonamides is 1. The van der Waals surface area contributed by atoms with Gasteiger partial charge in [0.15, 0.2) is 0 Å². The van der Waals surface area contributed by atoms with Crippen LogP contribution < -0.4 is 4.72 Å². The molecule has 2 rings (SSSR count). The minimum absolute atomic E-state index is 0.341. The highest BCUT2D eigenvalue weighted by molar-refractivity contribution is 7.89. The van der Waals surface area contributed by atoms with Crippen LogP contribution in [0.5, 0.6) is 0 Å². The molecule has 0 aliphatic heterocycles. The number of rotatable bonds is 4. The Morgan fingerprint density at radius 3 is 2.31 bits per heavy atom. The number of hydrogen-bond donors (Lipinski definition) is 1. The zero-order valence-electron chi connectivity index (χ0n) is 9.15. The molecule has 0 heterocycles. The molecule has 1 saturated carbocycles. The predicted molar refractivity (Wildman–Crippen MR) is 63.3 cm³/mol. The van der Waals surface area contributed by atoms with Crippen LogP contribution in [0.1, 0.15) is 25.7 Å². The van der Waals surface area contributed by atoms with Gasteiger partial charge < -0.3 is 0 Å². The van der Waals surface area contributed by atoms with E-state index in [9.17, 15) is 8.42 Å². The molecule has 0 aromatic heterocycles. The Hall–Kier alpha value is -0.870. The molecule has 16 heavy (non-hydrogen) atoms. The Kier molecular flexibility index (Phi) is 3.61. The summed E-state index contributed by atoms with van der Waals surface area (Å²) in [5.74, 6) is 1.32. The van der Waals surface area contributed by atoms with E-state index in [-0.39, 0.29) is 0 Å². The average molecular weight is 238 g/mol. The first-order valence-electron chi connectivity index (χ1n) is 5.57. The SMILES string of the molecule is O=S(=O)(NC[C]1CCCC1)c1ccccc1. The maximum atomic E-state index is 11.9. The highest BCUT2D eigenvalue weighted by Gasteiger charge is 2.19. The van der Waals surface area contributed by atoms with Gasteiger partial charge in [-0.1, -0.05) is 31.0 Å². The highest BCUT2D eigenvalue weighted by Crippen LogP contribution is 2.26. The zero-order chi connectivity index (χ0) is 11.4. The van der Waals surface area contributed by atoms with E-state index in [4.69, 9.17) is 0 Å². The van der Waals surface area contributed by atoms with Crippen molar-refractivity contribution in [3.8, 4) is 0 Å². The summed E-state index contributed by atoms with van der Waals surface area (Å²) in [6, 6.07) is 8.50. The maximum Gasteiger partial charge on any atom is 0.240 e. The van der Waals surface area contributed by atoms with Gasteiger partial charge in [-0.2, -0.15) is 0 Å². The Morgan fingerprint density at radius 1 is 1.06 bits per heavy atom. The van der Waals surface area contributed by atoms with Gasteiger partial charge in [-0.05, 0) is 30.9 Å². The van der Waals surface area contributed by atoms with E-state index in [2.05, 4.69) is 4.72 Å². The molecule has 1 aromatic rings. The number of nitrogens with one attached hydrogen (secondary N) is 1. The number of benzene rings is 1. The molecule has 1 aromatic carbocycles. The third-order valence-corrected chi connectivity index (χ3v) is 4.29. The Bertz CT molecular complexity index is 422. The fourth-order valence-electron chi connectivity index (χ4n) is 1.93. The first-order valence-corrected chi connectivity index (χ1v) is 7.05. The summed E-state index contributed by atoms with van der Waals surface area (Å²) in [5.41, 5.74) is 0. The van der Waals surface area contributed by atoms with Crippen LogP contribution in [-0.4, -0.2) is 15.0 Å². The van der Waals surface area contributed by atoms with Gasteiger partial charge in [0.05, 0.1) is 4.90 Å². The van der Waals surface area contributed by atoms with E-state index in [1.165, 1.54) is 18.8 Å². The van der Waals surface area contributed by atoms with Gasteiger partial charge in [-0.15, -0.1) is 0 Å². The summed E-state index contributed by atoms with van der Waals surface area (Å²) in [6.07, 6.45) is 4.53. The normalized spacial score (nSPS) is 17.8. The summed E-state index contributed by atoms with van der Waals surface area (Å²) >= 11 is 0. The molecule has 4 heteroatoms. The van der Waals surface area contributed by atoms with E-state index in [1.54, 1.807) is 24.3 Å². The highest BCUT2D eigenvalue weighted by atomic mass is 32.2. The second-order valence-corrected chi connectivity index (χ2v) is 5.86. The van der Waals surface area contributed by atoms with E-state index in [0.717, 1.165) is 12.8 Å². The van der Waals surface area contributed by atoms with Crippen molar-refractivity contribution >= 4 is 10.0 Å². The minimum Gasteiger partial charge on any atom is -0.211 e. The summed E-state index contributed by atoms with van der Waals surface area (Å²) < 4.78 is 26.4. The second kappa shape index (κ2) is 4.97. The van der Waals surface area contributed by atoms with Crippen LogP contribution in [0.4, 0.5) is 0 Å². The van der Waals surface area contributed by atoms with E-state index in [1.807, 2.05) is 6.07 Å². The summed E-state index contributed by atoms with van der Waals surface area (Å²) in [6.45, 7) is 0.497. The lowest BCUT2D eigenvalue weighted by Crippen LogP contribution is -2.27. The summed E-state index contributed by atoms with van der Waals surface area (Å²) in [7, 11) is -3.32. The molecule has 0 unspecified atom stereocenters. The van der Waals surface area contributed by atoms with Crippen LogP contribution in [0, 0.1) is 5.92 Å². The Balaban J connectivity index is 1.98. The topological polar surface area (TPSA) is 46.2 Å². The quantitative estimate of drug-likeness (QED) is 0.873. The lowest BCUT2D eigenvalue weighted by molar-refractivity contribution is 0.580. The van der Waals surface area contributed by atoms with Gasteiger partial charge in [0.1, 0.15) is 0 Å². The van der Waals surface area contributed by atoms with Crippen molar-refractivity contribution in [2.75, 3.05) is 6.54 Å². The molecule has 0 bridgehead atoms. The van der Waals surface area contributed by atoms with Gasteiger partial charge in [0.25, 0.3) is 0 Å². The monoisotopic (exact) mass is 238 g/mol. The van der Waals surface area contributed by atoms with Crippen LogP contribution >= 0.6 is 0 Å². The van der Waals surface area contributed by atoms with Crippen molar-refractivity contribution in [3.63, 3.8) is 0 Å². The fourth-order valence-corrected chi connectivity index (χ4v) is 3.01. The second-order valence-electron chi connectivity index (χ2n) is 4.09. The average Bonchev–Trinajstić information content (AvgIpc) is 2.81. The number of hydrogen-bond acceptors (Lipinski definition) is 2. The largest absolute Gasteiger partial charge is 0.240 e. The molecule has 3 nitrogen and oxygen atoms in total. The Labute approximate surface area is 96.9 Å². The summed E-state index contributed by atoms with van der Waals surface area (Å²) in [5, 5.41) is 0. The van der Waals surface area contributed by atoms with Crippen LogP contribution in [0.25, 0.3) is 0 Å². The molecule has 1 radical (unpaired) electrons. The lowest BCUT2D eigenvalue weighted by atomic mass is 10.1. The third kappa shape index (κ3) is 2.83. The molecular weight excluding hydrogens is 222 g/mol. The molecular formula is C12H16NO2S. The minimum atomic E-state index is -3.32. The van der Waals surface area contributed by atoms with Crippen LogP contribution in [0.15, 0.2) is 35.2 Å². The molecule has 1 aliphatic rings. The van der Waals surface area contributed by atoms with Gasteiger partial charge >= 0.3 is 0 Å². The van der Waals surface area contributed by atoms with Crippen molar-refractivity contribution in [2.45, 2.75) is 30.6 Å². The van der Waals surface area contributed by atoms with Crippen molar-refractivity contribution < 1.29 is 8.42 Å².